The minimum atomic E-state index is -0.429. The molecular weight excluding hydrogens is 391 g/mol. The van der Waals surface area contributed by atoms with E-state index < -0.39 is 5.82 Å². The minimum Gasteiger partial charge on any atom is -0.396 e. The molecule has 0 saturated heterocycles. The number of benzene rings is 1. The van der Waals surface area contributed by atoms with E-state index >= 15 is 0 Å². The van der Waals surface area contributed by atoms with E-state index in [9.17, 15) is 4.39 Å². The van der Waals surface area contributed by atoms with Crippen LogP contribution in [0.25, 0.3) is 22.2 Å². The van der Waals surface area contributed by atoms with Gasteiger partial charge in [-0.1, -0.05) is 19.9 Å². The lowest BCUT2D eigenvalue weighted by atomic mass is 9.89. The van der Waals surface area contributed by atoms with Crippen LogP contribution in [-0.4, -0.2) is 38.6 Å². The molecule has 0 atom stereocenters. The first-order valence-corrected chi connectivity index (χ1v) is 11.4. The number of halogens is 1. The molecule has 1 saturated carbocycles. The molecule has 0 spiro atoms. The Morgan fingerprint density at radius 1 is 1.06 bits per heavy atom. The highest BCUT2D eigenvalue weighted by Gasteiger charge is 2.28. The van der Waals surface area contributed by atoms with E-state index in [0.717, 1.165) is 35.0 Å². The van der Waals surface area contributed by atoms with E-state index in [0.29, 0.717) is 17.9 Å². The molecule has 0 bridgehead atoms. The SMILES string of the molecule is CCCN(CCC)C1CCC(n2cc(-c3ccc(N)c(F)c3)c3c(N)ncnc32)CC1. The average molecular weight is 425 g/mol. The summed E-state index contributed by atoms with van der Waals surface area (Å²) in [6.45, 7) is 6.86. The summed E-state index contributed by atoms with van der Waals surface area (Å²) in [6, 6.07) is 5.89. The Morgan fingerprint density at radius 3 is 2.42 bits per heavy atom. The highest BCUT2D eigenvalue weighted by molar-refractivity contribution is 6.00. The van der Waals surface area contributed by atoms with Gasteiger partial charge in [-0.05, 0) is 69.3 Å². The van der Waals surface area contributed by atoms with Crippen LogP contribution in [-0.2, 0) is 0 Å². The zero-order chi connectivity index (χ0) is 22.0. The Balaban J connectivity index is 1.65. The largest absolute Gasteiger partial charge is 0.396 e. The second-order valence-corrected chi connectivity index (χ2v) is 8.64. The average Bonchev–Trinajstić information content (AvgIpc) is 3.17. The molecule has 4 rings (SSSR count). The van der Waals surface area contributed by atoms with Crippen LogP contribution in [0.5, 0.6) is 0 Å². The van der Waals surface area contributed by atoms with Gasteiger partial charge in [-0.15, -0.1) is 0 Å². The van der Waals surface area contributed by atoms with E-state index in [2.05, 4.69) is 39.5 Å². The number of anilines is 2. The highest BCUT2D eigenvalue weighted by Crippen LogP contribution is 2.39. The van der Waals surface area contributed by atoms with E-state index in [1.165, 1.54) is 51.2 Å². The summed E-state index contributed by atoms with van der Waals surface area (Å²) in [5.74, 6) is -0.0111. The zero-order valence-corrected chi connectivity index (χ0v) is 18.5. The van der Waals surface area contributed by atoms with E-state index in [4.69, 9.17) is 11.5 Å². The van der Waals surface area contributed by atoms with Crippen LogP contribution >= 0.6 is 0 Å². The van der Waals surface area contributed by atoms with Gasteiger partial charge in [-0.2, -0.15) is 0 Å². The van der Waals surface area contributed by atoms with Crippen molar-refractivity contribution >= 4 is 22.5 Å². The van der Waals surface area contributed by atoms with Crippen molar-refractivity contribution in [2.24, 2.45) is 0 Å². The second-order valence-electron chi connectivity index (χ2n) is 8.64. The van der Waals surface area contributed by atoms with Crippen LogP contribution < -0.4 is 11.5 Å². The van der Waals surface area contributed by atoms with E-state index in [1.807, 2.05) is 6.07 Å². The fraction of sp³-hybridized carbons (Fsp3) is 0.500. The van der Waals surface area contributed by atoms with Gasteiger partial charge in [0.05, 0.1) is 11.1 Å². The number of aromatic nitrogens is 3. The topological polar surface area (TPSA) is 86.0 Å². The molecular formula is C24H33FN6. The predicted molar refractivity (Wildman–Crippen MR) is 125 cm³/mol. The normalized spacial score (nSPS) is 19.4. The molecule has 0 amide bonds. The first kappa shape index (κ1) is 21.6. The molecule has 6 nitrogen and oxygen atoms in total. The van der Waals surface area contributed by atoms with Gasteiger partial charge in [0.15, 0.2) is 0 Å². The molecule has 3 aromatic rings. The van der Waals surface area contributed by atoms with Gasteiger partial charge in [0.25, 0.3) is 0 Å². The number of rotatable bonds is 7. The molecule has 0 unspecified atom stereocenters. The smallest absolute Gasteiger partial charge is 0.146 e. The maximum atomic E-state index is 14.2. The molecule has 4 N–H and O–H groups in total. The van der Waals surface area contributed by atoms with Crippen LogP contribution in [0.1, 0.15) is 58.4 Å². The van der Waals surface area contributed by atoms with Gasteiger partial charge in [0, 0.05) is 23.8 Å². The second kappa shape index (κ2) is 9.22. The Labute approximate surface area is 183 Å². The van der Waals surface area contributed by atoms with Crippen molar-refractivity contribution in [1.82, 2.24) is 19.4 Å². The van der Waals surface area contributed by atoms with Gasteiger partial charge >= 0.3 is 0 Å². The van der Waals surface area contributed by atoms with Gasteiger partial charge in [0.1, 0.15) is 23.6 Å². The highest BCUT2D eigenvalue weighted by atomic mass is 19.1. The van der Waals surface area contributed by atoms with Crippen LogP contribution in [0.2, 0.25) is 0 Å². The Bertz CT molecular complexity index is 1030. The fourth-order valence-electron chi connectivity index (χ4n) is 5.05. The van der Waals surface area contributed by atoms with Gasteiger partial charge in [-0.25, -0.2) is 14.4 Å². The van der Waals surface area contributed by atoms with E-state index in [-0.39, 0.29) is 5.69 Å². The Morgan fingerprint density at radius 2 is 1.77 bits per heavy atom. The van der Waals surface area contributed by atoms with Gasteiger partial charge < -0.3 is 20.9 Å². The molecule has 1 aliphatic carbocycles. The molecule has 0 radical (unpaired) electrons. The number of hydrogen-bond acceptors (Lipinski definition) is 5. The maximum absolute atomic E-state index is 14.2. The third-order valence-electron chi connectivity index (χ3n) is 6.55. The Hall–Kier alpha value is -2.67. The van der Waals surface area contributed by atoms with Crippen LogP contribution in [0, 0.1) is 5.82 Å². The van der Waals surface area contributed by atoms with Gasteiger partial charge in [-0.3, -0.25) is 0 Å². The summed E-state index contributed by atoms with van der Waals surface area (Å²) in [5.41, 5.74) is 14.5. The van der Waals surface area contributed by atoms with Gasteiger partial charge in [0.2, 0.25) is 0 Å². The standard InChI is InChI=1S/C24H33FN6/c1-3-11-30(12-4-2)17-6-8-18(9-7-17)31-14-19(16-5-10-21(26)20(25)13-16)22-23(27)28-15-29-24(22)31/h5,10,13-15,17-18H,3-4,6-9,11-12,26H2,1-2H3,(H2,27,28,29). The molecule has 1 aliphatic rings. The molecule has 2 aromatic heterocycles. The lowest BCUT2D eigenvalue weighted by Crippen LogP contribution is -2.39. The quantitative estimate of drug-likeness (QED) is 0.521. The van der Waals surface area contributed by atoms with Crippen molar-refractivity contribution in [3.8, 4) is 11.1 Å². The Kier molecular flexibility index (Phi) is 6.41. The number of nitrogens with two attached hydrogens (primary N) is 2. The fourth-order valence-corrected chi connectivity index (χ4v) is 5.05. The van der Waals surface area contributed by atoms with Crippen LogP contribution in [0.3, 0.4) is 0 Å². The van der Waals surface area contributed by atoms with Crippen LogP contribution in [0.15, 0.2) is 30.7 Å². The lowest BCUT2D eigenvalue weighted by Gasteiger charge is -2.37. The minimum absolute atomic E-state index is 0.138. The number of fused-ring (bicyclic) bond motifs is 1. The van der Waals surface area contributed by atoms with Crippen molar-refractivity contribution in [2.45, 2.75) is 64.5 Å². The predicted octanol–water partition coefficient (Wildman–Crippen LogP) is 5.01. The molecule has 0 aliphatic heterocycles. The van der Waals surface area contributed by atoms with Crippen molar-refractivity contribution in [3.63, 3.8) is 0 Å². The van der Waals surface area contributed by atoms with Crippen molar-refractivity contribution in [3.05, 3.63) is 36.5 Å². The molecule has 1 aromatic carbocycles. The number of hydrogen-bond donors (Lipinski definition) is 2. The summed E-state index contributed by atoms with van der Waals surface area (Å²) in [5, 5.41) is 0.785. The summed E-state index contributed by atoms with van der Waals surface area (Å²) in [6.07, 6.45) is 10.5. The third-order valence-corrected chi connectivity index (χ3v) is 6.55. The molecule has 31 heavy (non-hydrogen) atoms. The first-order valence-electron chi connectivity index (χ1n) is 11.4. The van der Waals surface area contributed by atoms with E-state index in [1.54, 1.807) is 6.07 Å². The molecule has 166 valence electrons. The van der Waals surface area contributed by atoms with Crippen LogP contribution in [0.4, 0.5) is 15.9 Å². The van der Waals surface area contributed by atoms with Crippen molar-refractivity contribution in [1.29, 1.82) is 0 Å². The zero-order valence-electron chi connectivity index (χ0n) is 18.5. The molecule has 7 heteroatoms. The van der Waals surface area contributed by atoms with Crippen molar-refractivity contribution < 1.29 is 4.39 Å². The number of nitrogen functional groups attached to an aromatic ring is 2. The first-order chi connectivity index (χ1) is 15.0. The summed E-state index contributed by atoms with van der Waals surface area (Å²) < 4.78 is 16.4. The molecule has 2 heterocycles. The lowest BCUT2D eigenvalue weighted by molar-refractivity contribution is 0.138. The van der Waals surface area contributed by atoms with Crippen molar-refractivity contribution in [2.75, 3.05) is 24.6 Å². The number of nitrogens with zero attached hydrogens (tertiary/aromatic N) is 4. The monoisotopic (exact) mass is 424 g/mol. The summed E-state index contributed by atoms with van der Waals surface area (Å²) in [7, 11) is 0. The summed E-state index contributed by atoms with van der Waals surface area (Å²) >= 11 is 0. The summed E-state index contributed by atoms with van der Waals surface area (Å²) in [4.78, 5) is 11.4. The maximum Gasteiger partial charge on any atom is 0.146 e. The third kappa shape index (κ3) is 4.24. The molecule has 1 fully saturated rings.